The van der Waals surface area contributed by atoms with Crippen molar-refractivity contribution in [2.45, 2.75) is 44.8 Å². The predicted octanol–water partition coefficient (Wildman–Crippen LogP) is 3.33. The highest BCUT2D eigenvalue weighted by Crippen LogP contribution is 2.33. The number of para-hydroxylation sites is 1. The van der Waals surface area contributed by atoms with Crippen LogP contribution in [0.3, 0.4) is 0 Å². The van der Waals surface area contributed by atoms with Gasteiger partial charge in [0.1, 0.15) is 0 Å². The van der Waals surface area contributed by atoms with Gasteiger partial charge in [0.25, 0.3) is 5.91 Å². The second kappa shape index (κ2) is 11.3. The van der Waals surface area contributed by atoms with E-state index in [1.807, 2.05) is 25.8 Å². The molecule has 0 spiro atoms. The summed E-state index contributed by atoms with van der Waals surface area (Å²) in [6.07, 6.45) is -2.48. The SMILES string of the molecule is CC(C)c1nnc(C2CCC(C(=O)NCCNC(=O)c3cn(-c4ccccc4)nc3C(F)(F)F)CN2C)o1. The Bertz CT molecular complexity index is 1260. The number of halogens is 3. The molecule has 3 aromatic rings. The van der Waals surface area contributed by atoms with Gasteiger partial charge >= 0.3 is 6.18 Å². The van der Waals surface area contributed by atoms with Crippen LogP contribution < -0.4 is 10.6 Å². The summed E-state index contributed by atoms with van der Waals surface area (Å²) in [5.41, 5.74) is -1.47. The molecule has 0 radical (unpaired) electrons. The Hall–Kier alpha value is -3.74. The van der Waals surface area contributed by atoms with Gasteiger partial charge in [0.15, 0.2) is 5.69 Å². The van der Waals surface area contributed by atoms with E-state index >= 15 is 0 Å². The van der Waals surface area contributed by atoms with E-state index in [1.165, 1.54) is 0 Å². The third-order valence-electron chi connectivity index (χ3n) is 6.39. The normalized spacial score (nSPS) is 18.5. The summed E-state index contributed by atoms with van der Waals surface area (Å²) in [6.45, 7) is 4.46. The number of aromatic nitrogens is 4. The number of piperidine rings is 1. The average Bonchev–Trinajstić information content (AvgIpc) is 3.55. The maximum atomic E-state index is 13.5. The molecule has 2 atom stereocenters. The highest BCUT2D eigenvalue weighted by molar-refractivity contribution is 5.95. The molecule has 1 aliphatic heterocycles. The first-order chi connectivity index (χ1) is 18.0. The Balaban J connectivity index is 1.28. The van der Waals surface area contributed by atoms with E-state index in [9.17, 15) is 22.8 Å². The van der Waals surface area contributed by atoms with Gasteiger partial charge in [-0.2, -0.15) is 18.3 Å². The fourth-order valence-corrected chi connectivity index (χ4v) is 4.35. The summed E-state index contributed by atoms with van der Waals surface area (Å²) in [5, 5.41) is 17.0. The van der Waals surface area contributed by atoms with Gasteiger partial charge in [0.2, 0.25) is 17.7 Å². The Labute approximate surface area is 217 Å². The first-order valence-electron chi connectivity index (χ1n) is 12.4. The van der Waals surface area contributed by atoms with Crippen molar-refractivity contribution in [3.05, 3.63) is 59.6 Å². The lowest BCUT2D eigenvalue weighted by molar-refractivity contribution is -0.141. The summed E-state index contributed by atoms with van der Waals surface area (Å²) in [4.78, 5) is 27.2. The van der Waals surface area contributed by atoms with Gasteiger partial charge in [-0.05, 0) is 32.0 Å². The quantitative estimate of drug-likeness (QED) is 0.427. The molecule has 1 saturated heterocycles. The molecule has 0 saturated carbocycles. The van der Waals surface area contributed by atoms with Crippen LogP contribution in [0.15, 0.2) is 40.9 Å². The van der Waals surface area contributed by atoms with Crippen molar-refractivity contribution < 1.29 is 27.2 Å². The molecular weight excluding hydrogens is 503 g/mol. The van der Waals surface area contributed by atoms with Gasteiger partial charge in [-0.25, -0.2) is 4.68 Å². The molecule has 0 bridgehead atoms. The molecule has 4 rings (SSSR count). The highest BCUT2D eigenvalue weighted by atomic mass is 19.4. The van der Waals surface area contributed by atoms with Gasteiger partial charge in [-0.1, -0.05) is 32.0 Å². The van der Waals surface area contributed by atoms with Crippen molar-refractivity contribution in [1.29, 1.82) is 0 Å². The Morgan fingerprint density at radius 3 is 2.45 bits per heavy atom. The molecule has 3 heterocycles. The molecule has 13 heteroatoms. The number of likely N-dealkylation sites (tertiary alicyclic amines) is 1. The zero-order chi connectivity index (χ0) is 27.4. The Morgan fingerprint density at radius 2 is 1.82 bits per heavy atom. The molecule has 1 aliphatic rings. The predicted molar refractivity (Wildman–Crippen MR) is 130 cm³/mol. The number of benzene rings is 1. The number of hydrogen-bond donors (Lipinski definition) is 2. The van der Waals surface area contributed by atoms with Crippen LogP contribution in [-0.2, 0) is 11.0 Å². The van der Waals surface area contributed by atoms with Crippen LogP contribution >= 0.6 is 0 Å². The standard InChI is InChI=1S/C25H30F3N7O3/c1-15(2)23-31-32-24(38-23)19-10-9-16(13-34(19)3)21(36)29-11-12-30-22(37)18-14-35(17-7-5-4-6-8-17)33-20(18)25(26,27)28/h4-8,14-16,19H,9-13H2,1-3H3,(H,29,36)(H,30,37). The fourth-order valence-electron chi connectivity index (χ4n) is 4.35. The Morgan fingerprint density at radius 1 is 1.11 bits per heavy atom. The van der Waals surface area contributed by atoms with E-state index in [1.54, 1.807) is 30.3 Å². The summed E-state index contributed by atoms with van der Waals surface area (Å²) >= 11 is 0. The van der Waals surface area contributed by atoms with Crippen LogP contribution in [0.5, 0.6) is 0 Å². The van der Waals surface area contributed by atoms with Crippen LogP contribution in [0.1, 0.15) is 66.5 Å². The third kappa shape index (κ3) is 6.21. The van der Waals surface area contributed by atoms with Crippen LogP contribution in [0.4, 0.5) is 13.2 Å². The van der Waals surface area contributed by atoms with E-state index in [0.717, 1.165) is 10.9 Å². The molecular formula is C25H30F3N7O3. The second-order valence-electron chi connectivity index (χ2n) is 9.58. The minimum Gasteiger partial charge on any atom is -0.423 e. The summed E-state index contributed by atoms with van der Waals surface area (Å²) in [6, 6.07) is 8.13. The van der Waals surface area contributed by atoms with Gasteiger partial charge in [-0.3, -0.25) is 14.5 Å². The van der Waals surface area contributed by atoms with E-state index in [2.05, 4.69) is 25.9 Å². The van der Waals surface area contributed by atoms with Crippen LogP contribution in [-0.4, -0.2) is 63.4 Å². The maximum Gasteiger partial charge on any atom is 0.435 e. The average molecular weight is 534 g/mol. The summed E-state index contributed by atoms with van der Waals surface area (Å²) in [5.74, 6) is -0.151. The zero-order valence-electron chi connectivity index (χ0n) is 21.3. The van der Waals surface area contributed by atoms with Crippen molar-refractivity contribution in [3.63, 3.8) is 0 Å². The molecule has 1 fully saturated rings. The monoisotopic (exact) mass is 533 g/mol. The maximum absolute atomic E-state index is 13.5. The van der Waals surface area contributed by atoms with Gasteiger partial charge in [0.05, 0.1) is 23.2 Å². The molecule has 2 aromatic heterocycles. The first-order valence-corrected chi connectivity index (χ1v) is 12.4. The number of carbonyl (C=O) groups excluding carboxylic acids is 2. The fraction of sp³-hybridized carbons (Fsp3) is 0.480. The number of hydrogen-bond acceptors (Lipinski definition) is 7. The minimum absolute atomic E-state index is 0.0382. The van der Waals surface area contributed by atoms with Crippen LogP contribution in [0.25, 0.3) is 5.69 Å². The minimum atomic E-state index is -4.80. The molecule has 2 N–H and O–H groups in total. The molecule has 2 unspecified atom stereocenters. The number of carbonyl (C=O) groups is 2. The number of nitrogens with zero attached hydrogens (tertiary/aromatic N) is 5. The number of rotatable bonds is 8. The Kier molecular flexibility index (Phi) is 8.14. The molecule has 204 valence electrons. The summed E-state index contributed by atoms with van der Waals surface area (Å²) in [7, 11) is 1.89. The topological polar surface area (TPSA) is 118 Å². The summed E-state index contributed by atoms with van der Waals surface area (Å²) < 4.78 is 47.3. The van der Waals surface area contributed by atoms with Crippen molar-refractivity contribution >= 4 is 11.8 Å². The van der Waals surface area contributed by atoms with E-state index in [0.29, 0.717) is 36.9 Å². The lowest BCUT2D eigenvalue weighted by atomic mass is 9.92. The highest BCUT2D eigenvalue weighted by Gasteiger charge is 2.39. The zero-order valence-corrected chi connectivity index (χ0v) is 21.3. The smallest absolute Gasteiger partial charge is 0.423 e. The van der Waals surface area contributed by atoms with Gasteiger partial charge < -0.3 is 15.1 Å². The molecule has 10 nitrogen and oxygen atoms in total. The largest absolute Gasteiger partial charge is 0.435 e. The van der Waals surface area contributed by atoms with Crippen molar-refractivity contribution in [2.75, 3.05) is 26.7 Å². The number of amides is 2. The van der Waals surface area contributed by atoms with Crippen molar-refractivity contribution in [3.8, 4) is 5.69 Å². The number of nitrogens with one attached hydrogen (secondary N) is 2. The first kappa shape index (κ1) is 27.3. The lowest BCUT2D eigenvalue weighted by Crippen LogP contribution is -2.44. The molecule has 2 amide bonds. The van der Waals surface area contributed by atoms with Gasteiger partial charge in [-0.15, -0.1) is 10.2 Å². The van der Waals surface area contributed by atoms with Crippen molar-refractivity contribution in [2.24, 2.45) is 5.92 Å². The van der Waals surface area contributed by atoms with Crippen LogP contribution in [0.2, 0.25) is 0 Å². The van der Waals surface area contributed by atoms with E-state index in [4.69, 9.17) is 4.42 Å². The van der Waals surface area contributed by atoms with Crippen LogP contribution in [0, 0.1) is 5.92 Å². The van der Waals surface area contributed by atoms with Crippen molar-refractivity contribution in [1.82, 2.24) is 35.5 Å². The third-order valence-corrected chi connectivity index (χ3v) is 6.39. The second-order valence-corrected chi connectivity index (χ2v) is 9.58. The molecule has 1 aromatic carbocycles. The molecule has 0 aliphatic carbocycles. The van der Waals surface area contributed by atoms with E-state index < -0.39 is 23.3 Å². The van der Waals surface area contributed by atoms with Gasteiger partial charge in [0, 0.05) is 31.7 Å². The number of alkyl halides is 3. The molecule has 38 heavy (non-hydrogen) atoms. The van der Waals surface area contributed by atoms with E-state index in [-0.39, 0.29) is 36.9 Å². The lowest BCUT2D eigenvalue weighted by Gasteiger charge is -2.34.